The molecule has 0 aliphatic carbocycles. The average molecular weight is 166 g/mol. The molecule has 2 aliphatic rings. The first-order chi connectivity index (χ1) is 5.68. The Kier molecular flexibility index (Phi) is 1.59. The predicted octanol–water partition coefficient (Wildman–Crippen LogP) is 0.752. The molecule has 0 amide bonds. The van der Waals surface area contributed by atoms with Gasteiger partial charge in [0.1, 0.15) is 5.82 Å². The molecule has 2 rings (SSSR count). The highest BCUT2D eigenvalue weighted by Crippen LogP contribution is 2.23. The molecule has 2 aliphatic heterocycles. The number of hydrogen-bond acceptors (Lipinski definition) is 4. The van der Waals surface area contributed by atoms with Crippen LogP contribution in [0.2, 0.25) is 0 Å². The number of nitrogens with one attached hydrogen (secondary N) is 1. The quantitative estimate of drug-likeness (QED) is 0.576. The highest BCUT2D eigenvalue weighted by atomic mass is 16.5. The van der Waals surface area contributed by atoms with Crippen molar-refractivity contribution in [3.63, 3.8) is 0 Å². The van der Waals surface area contributed by atoms with Crippen LogP contribution in [0.25, 0.3) is 0 Å². The maximum Gasteiger partial charge on any atom is 0.110 e. The molecule has 0 aromatic carbocycles. The van der Waals surface area contributed by atoms with E-state index < -0.39 is 0 Å². The lowest BCUT2D eigenvalue weighted by atomic mass is 10.3. The highest BCUT2D eigenvalue weighted by Gasteiger charge is 2.25. The summed E-state index contributed by atoms with van der Waals surface area (Å²) in [6.07, 6.45) is 5.36. The monoisotopic (exact) mass is 166 g/mol. The number of nitrogens with zero attached hydrogens (tertiary/aromatic N) is 2. The maximum absolute atomic E-state index is 11.2. The van der Waals surface area contributed by atoms with Crippen LogP contribution in [0.15, 0.2) is 24.2 Å². The fourth-order valence-corrected chi connectivity index (χ4v) is 1.50. The Morgan fingerprint density at radius 2 is 2.25 bits per heavy atom. The second kappa shape index (κ2) is 2.50. The molecule has 0 saturated heterocycles. The highest BCUT2D eigenvalue weighted by molar-refractivity contribution is 5.19. The molecule has 0 radical (unpaired) electrons. The van der Waals surface area contributed by atoms with Gasteiger partial charge in [-0.25, -0.2) is 5.43 Å². The average Bonchev–Trinajstić information content (AvgIpc) is 2.41. The molecule has 0 fully saturated rings. The summed E-state index contributed by atoms with van der Waals surface area (Å²) in [5.41, 5.74) is 3.18. The Morgan fingerprint density at radius 1 is 1.50 bits per heavy atom. The van der Waals surface area contributed by atoms with E-state index in [1.54, 1.807) is 6.20 Å². The third kappa shape index (κ3) is 1.00. The third-order valence-corrected chi connectivity index (χ3v) is 2.12. The molecule has 4 nitrogen and oxygen atoms in total. The number of hydroxylamine groups is 2. The molecule has 0 aromatic rings. The van der Waals surface area contributed by atoms with Gasteiger partial charge in [-0.3, -0.25) is 5.01 Å². The normalized spacial score (nSPS) is 33.8. The van der Waals surface area contributed by atoms with Crippen LogP contribution in [0.1, 0.15) is 13.8 Å². The predicted molar refractivity (Wildman–Crippen MR) is 46.3 cm³/mol. The lowest BCUT2D eigenvalue weighted by Gasteiger charge is -2.40. The van der Waals surface area contributed by atoms with E-state index in [9.17, 15) is 5.21 Å². The first-order valence-electron chi connectivity index (χ1n) is 4.10. The van der Waals surface area contributed by atoms with Gasteiger partial charge in [0.05, 0.1) is 6.04 Å². The molecular weight excluding hydrogens is 154 g/mol. The summed E-state index contributed by atoms with van der Waals surface area (Å²) in [4.78, 5) is 0. The zero-order chi connectivity index (χ0) is 8.72. The zero-order valence-electron chi connectivity index (χ0n) is 7.19. The second-order valence-corrected chi connectivity index (χ2v) is 3.22. The molecule has 0 aromatic heterocycles. The number of fused-ring (bicyclic) bond motifs is 1. The van der Waals surface area contributed by atoms with Gasteiger partial charge >= 0.3 is 0 Å². The summed E-state index contributed by atoms with van der Waals surface area (Å²) in [5.74, 6) is 0.706. The van der Waals surface area contributed by atoms with Gasteiger partial charge in [0, 0.05) is 6.04 Å². The summed E-state index contributed by atoms with van der Waals surface area (Å²) >= 11 is 0. The van der Waals surface area contributed by atoms with Gasteiger partial charge in [0.2, 0.25) is 0 Å². The minimum atomic E-state index is 0.249. The van der Waals surface area contributed by atoms with Crippen LogP contribution in [0.5, 0.6) is 0 Å². The smallest absolute Gasteiger partial charge is 0.110 e. The van der Waals surface area contributed by atoms with E-state index in [-0.39, 0.29) is 12.1 Å². The Morgan fingerprint density at radius 3 is 2.92 bits per heavy atom. The van der Waals surface area contributed by atoms with Crippen LogP contribution in [-0.2, 0) is 0 Å². The first-order valence-corrected chi connectivity index (χ1v) is 4.10. The van der Waals surface area contributed by atoms with Crippen molar-refractivity contribution in [1.29, 1.82) is 0 Å². The summed E-state index contributed by atoms with van der Waals surface area (Å²) in [7, 11) is 0. The van der Waals surface area contributed by atoms with Crippen molar-refractivity contribution in [2.24, 2.45) is 0 Å². The van der Waals surface area contributed by atoms with Crippen LogP contribution in [-0.4, -0.2) is 22.2 Å². The topological polar surface area (TPSA) is 41.6 Å². The fraction of sp³-hybridized carbons (Fsp3) is 0.500. The van der Waals surface area contributed by atoms with E-state index >= 15 is 0 Å². The van der Waals surface area contributed by atoms with Crippen LogP contribution >= 0.6 is 0 Å². The minimum absolute atomic E-state index is 0.249. The van der Waals surface area contributed by atoms with Crippen LogP contribution in [0.4, 0.5) is 0 Å². The van der Waals surface area contributed by atoms with E-state index in [1.807, 2.05) is 31.0 Å². The van der Waals surface area contributed by atoms with Gasteiger partial charge in [0.25, 0.3) is 0 Å². The van der Waals surface area contributed by atoms with Gasteiger partial charge in [0.15, 0.2) is 0 Å². The summed E-state index contributed by atoms with van der Waals surface area (Å²) in [6.45, 7) is 4.06. The Labute approximate surface area is 71.7 Å². The van der Waals surface area contributed by atoms with Gasteiger partial charge in [-0.1, -0.05) is 0 Å². The molecule has 12 heavy (non-hydrogen) atoms. The summed E-state index contributed by atoms with van der Waals surface area (Å²) in [6, 6.07) is 0.505. The number of hydrogen-bond donors (Lipinski definition) is 1. The number of hydrazine groups is 1. The van der Waals surface area contributed by atoms with Crippen molar-refractivity contribution in [3.8, 4) is 0 Å². The van der Waals surface area contributed by atoms with Crippen molar-refractivity contribution in [1.82, 2.24) is 15.5 Å². The van der Waals surface area contributed by atoms with Gasteiger partial charge in [-0.15, -0.1) is 0 Å². The van der Waals surface area contributed by atoms with Gasteiger partial charge < -0.3 is 10.3 Å². The summed E-state index contributed by atoms with van der Waals surface area (Å²) in [5, 5.41) is 14.0. The van der Waals surface area contributed by atoms with E-state index in [0.717, 1.165) is 5.06 Å². The molecule has 2 atom stereocenters. The lowest BCUT2D eigenvalue weighted by molar-refractivity contribution is 0.178. The molecule has 0 bridgehead atoms. The number of rotatable bonds is 0. The van der Waals surface area contributed by atoms with Crippen molar-refractivity contribution in [2.75, 3.05) is 0 Å². The lowest BCUT2D eigenvalue weighted by Crippen LogP contribution is -2.45. The van der Waals surface area contributed by atoms with Crippen LogP contribution in [0.3, 0.4) is 0 Å². The van der Waals surface area contributed by atoms with Crippen molar-refractivity contribution in [3.05, 3.63) is 29.4 Å². The Balaban J connectivity index is 2.29. The fourth-order valence-electron chi connectivity index (χ4n) is 1.50. The molecule has 66 valence electrons. The van der Waals surface area contributed by atoms with Crippen molar-refractivity contribution >= 4 is 0 Å². The minimum Gasteiger partial charge on any atom is -0.753 e. The Bertz CT molecular complexity index is 249. The molecule has 2 heterocycles. The molecule has 0 saturated carbocycles. The molecule has 4 heteroatoms. The Hall–Kier alpha value is -1.00. The van der Waals surface area contributed by atoms with Crippen LogP contribution in [0, 0.1) is 5.21 Å². The van der Waals surface area contributed by atoms with E-state index in [1.165, 1.54) is 0 Å². The zero-order valence-corrected chi connectivity index (χ0v) is 7.19. The third-order valence-electron chi connectivity index (χ3n) is 2.12. The van der Waals surface area contributed by atoms with Crippen LogP contribution < -0.4 is 5.43 Å². The van der Waals surface area contributed by atoms with Gasteiger partial charge in [-0.05, 0) is 32.2 Å². The second-order valence-electron chi connectivity index (χ2n) is 3.22. The molecule has 2 unspecified atom stereocenters. The van der Waals surface area contributed by atoms with E-state index in [0.29, 0.717) is 5.82 Å². The molecule has 0 spiro atoms. The summed E-state index contributed by atoms with van der Waals surface area (Å²) < 4.78 is 0. The molecule has 1 N–H and O–H groups in total. The van der Waals surface area contributed by atoms with Gasteiger partial charge in [-0.2, -0.15) is 0 Å². The van der Waals surface area contributed by atoms with E-state index in [4.69, 9.17) is 0 Å². The SMILES string of the molecule is CC1C=C2N([O-])C=CC(C)N2N1. The van der Waals surface area contributed by atoms with E-state index in [2.05, 4.69) is 5.43 Å². The largest absolute Gasteiger partial charge is 0.753 e. The first kappa shape index (κ1) is 7.64. The standard InChI is InChI=1S/C8H12N3O/c1-6-5-8-10(12)4-3-7(2)11(8)9-6/h3-7,9H,1-2H3/q-1. The van der Waals surface area contributed by atoms with Crippen molar-refractivity contribution in [2.45, 2.75) is 25.9 Å². The van der Waals surface area contributed by atoms with Crippen molar-refractivity contribution < 1.29 is 0 Å². The molecular formula is C8H12N3O-. The maximum atomic E-state index is 11.2.